The predicted octanol–water partition coefficient (Wildman–Crippen LogP) is 2.52. The van der Waals surface area contributed by atoms with Gasteiger partial charge in [-0.2, -0.15) is 0 Å². The third kappa shape index (κ3) is 3.16. The van der Waals surface area contributed by atoms with Gasteiger partial charge in [0.1, 0.15) is 4.88 Å². The number of carbonyl (C=O) groups excluding carboxylic acids is 1. The zero-order chi connectivity index (χ0) is 14.7. The van der Waals surface area contributed by atoms with Crippen molar-refractivity contribution in [3.8, 4) is 0 Å². The molecule has 0 aliphatic heterocycles. The fourth-order valence-corrected chi connectivity index (χ4v) is 2.50. The maximum atomic E-state index is 12.0. The average Bonchev–Trinajstić information content (AvgIpc) is 2.88. The lowest BCUT2D eigenvalue weighted by Crippen LogP contribution is -2.25. The molecular weight excluding hydrogens is 276 g/mol. The van der Waals surface area contributed by atoms with Gasteiger partial charge in [0.05, 0.1) is 10.9 Å². The summed E-state index contributed by atoms with van der Waals surface area (Å²) in [6.45, 7) is 1.85. The Bertz CT molecular complexity index is 651. The number of carboxylic acids is 1. The third-order valence-electron chi connectivity index (χ3n) is 2.80. The molecule has 4 N–H and O–H groups in total. The average molecular weight is 290 g/mol. The molecule has 0 saturated carbocycles. The first-order valence-electron chi connectivity index (χ1n) is 5.97. The number of rotatable bonds is 4. The number of hydrogen-bond donors (Lipinski definition) is 3. The molecule has 2 rings (SSSR count). The summed E-state index contributed by atoms with van der Waals surface area (Å²) in [7, 11) is 0. The predicted molar refractivity (Wildman–Crippen MR) is 78.0 cm³/mol. The van der Waals surface area contributed by atoms with Gasteiger partial charge in [-0.05, 0) is 36.8 Å². The maximum absolute atomic E-state index is 12.0. The first-order chi connectivity index (χ1) is 9.47. The second kappa shape index (κ2) is 5.75. The summed E-state index contributed by atoms with van der Waals surface area (Å²) in [6.07, 6.45) is 0. The lowest BCUT2D eigenvalue weighted by Gasteiger charge is -2.14. The largest absolute Gasteiger partial charge is 0.477 e. The van der Waals surface area contributed by atoms with E-state index in [-0.39, 0.29) is 16.8 Å². The molecule has 0 aliphatic carbocycles. The van der Waals surface area contributed by atoms with Gasteiger partial charge in [-0.15, -0.1) is 11.3 Å². The Morgan fingerprint density at radius 2 is 1.95 bits per heavy atom. The number of nitrogen functional groups attached to an aromatic ring is 1. The van der Waals surface area contributed by atoms with E-state index in [1.807, 2.05) is 19.1 Å². The second-order valence-corrected chi connectivity index (χ2v) is 5.42. The molecule has 6 heteroatoms. The summed E-state index contributed by atoms with van der Waals surface area (Å²) in [6, 6.07) is 9.99. The first kappa shape index (κ1) is 14.1. The molecule has 1 amide bonds. The number of carboxylic acid groups (broad SMARTS) is 1. The van der Waals surface area contributed by atoms with E-state index < -0.39 is 5.97 Å². The van der Waals surface area contributed by atoms with Gasteiger partial charge >= 0.3 is 5.97 Å². The number of thiophene rings is 1. The third-order valence-corrected chi connectivity index (χ3v) is 3.87. The van der Waals surface area contributed by atoms with Crippen molar-refractivity contribution in [2.24, 2.45) is 0 Å². The maximum Gasteiger partial charge on any atom is 0.345 e. The van der Waals surface area contributed by atoms with Gasteiger partial charge in [0, 0.05) is 5.69 Å². The number of nitrogens with two attached hydrogens (primary N) is 1. The number of anilines is 1. The molecule has 0 spiro atoms. The van der Waals surface area contributed by atoms with Crippen molar-refractivity contribution in [3.05, 3.63) is 51.7 Å². The van der Waals surface area contributed by atoms with Crippen LogP contribution in [0.5, 0.6) is 0 Å². The second-order valence-electron chi connectivity index (χ2n) is 4.33. The summed E-state index contributed by atoms with van der Waals surface area (Å²) in [5, 5.41) is 11.7. The molecular formula is C14H14N2O3S. The van der Waals surface area contributed by atoms with Crippen molar-refractivity contribution in [1.82, 2.24) is 5.32 Å². The van der Waals surface area contributed by atoms with Gasteiger partial charge in [0.25, 0.3) is 5.91 Å². The Kier molecular flexibility index (Phi) is 4.05. The Balaban J connectivity index is 2.08. The van der Waals surface area contributed by atoms with Crippen molar-refractivity contribution < 1.29 is 14.7 Å². The smallest absolute Gasteiger partial charge is 0.345 e. The van der Waals surface area contributed by atoms with Crippen LogP contribution in [-0.4, -0.2) is 17.0 Å². The van der Waals surface area contributed by atoms with E-state index in [1.54, 1.807) is 12.1 Å². The van der Waals surface area contributed by atoms with Crippen LogP contribution in [0.15, 0.2) is 36.4 Å². The molecule has 1 heterocycles. The van der Waals surface area contributed by atoms with E-state index in [1.165, 1.54) is 12.1 Å². The summed E-state index contributed by atoms with van der Waals surface area (Å²) in [4.78, 5) is 23.3. The number of hydrogen-bond acceptors (Lipinski definition) is 4. The highest BCUT2D eigenvalue weighted by Crippen LogP contribution is 2.19. The normalized spacial score (nSPS) is 11.8. The minimum Gasteiger partial charge on any atom is -0.477 e. The molecule has 1 aromatic heterocycles. The van der Waals surface area contributed by atoms with E-state index >= 15 is 0 Å². The molecule has 0 fully saturated rings. The van der Waals surface area contributed by atoms with E-state index in [0.29, 0.717) is 10.6 Å². The van der Waals surface area contributed by atoms with Gasteiger partial charge < -0.3 is 16.2 Å². The highest BCUT2D eigenvalue weighted by molar-refractivity contribution is 7.15. The summed E-state index contributed by atoms with van der Waals surface area (Å²) >= 11 is 0.953. The lowest BCUT2D eigenvalue weighted by atomic mass is 10.1. The zero-order valence-electron chi connectivity index (χ0n) is 10.8. The van der Waals surface area contributed by atoms with Gasteiger partial charge in [0.15, 0.2) is 0 Å². The van der Waals surface area contributed by atoms with Crippen LogP contribution >= 0.6 is 11.3 Å². The highest BCUT2D eigenvalue weighted by atomic mass is 32.1. The summed E-state index contributed by atoms with van der Waals surface area (Å²) in [5.41, 5.74) is 7.23. The van der Waals surface area contributed by atoms with Crippen LogP contribution in [0.3, 0.4) is 0 Å². The number of aromatic carboxylic acids is 1. The zero-order valence-corrected chi connectivity index (χ0v) is 11.6. The fraction of sp³-hybridized carbons (Fsp3) is 0.143. The number of amides is 1. The Morgan fingerprint density at radius 3 is 2.55 bits per heavy atom. The number of carbonyl (C=O) groups is 2. The molecule has 0 bridgehead atoms. The minimum atomic E-state index is -1.03. The van der Waals surface area contributed by atoms with Crippen molar-refractivity contribution in [2.75, 3.05) is 5.73 Å². The number of benzene rings is 1. The van der Waals surface area contributed by atoms with E-state index in [4.69, 9.17) is 10.8 Å². The van der Waals surface area contributed by atoms with Crippen LogP contribution in [0, 0.1) is 0 Å². The minimum absolute atomic E-state index is 0.145. The van der Waals surface area contributed by atoms with Crippen LogP contribution < -0.4 is 11.1 Å². The van der Waals surface area contributed by atoms with E-state index in [2.05, 4.69) is 5.32 Å². The van der Waals surface area contributed by atoms with Crippen LogP contribution in [-0.2, 0) is 0 Å². The van der Waals surface area contributed by atoms with E-state index in [9.17, 15) is 9.59 Å². The summed E-state index contributed by atoms with van der Waals surface area (Å²) in [5.74, 6) is -1.32. The SMILES string of the molecule is CC(NC(=O)c1ccc(C(=O)O)s1)c1cccc(N)c1. The molecule has 5 nitrogen and oxygen atoms in total. The van der Waals surface area contributed by atoms with Crippen molar-refractivity contribution >= 4 is 28.9 Å². The van der Waals surface area contributed by atoms with Crippen molar-refractivity contribution in [1.29, 1.82) is 0 Å². The topological polar surface area (TPSA) is 92.4 Å². The standard InChI is InChI=1S/C14H14N2O3S/c1-8(9-3-2-4-10(15)7-9)16-13(17)11-5-6-12(20-11)14(18)19/h2-8H,15H2,1H3,(H,16,17)(H,18,19). The molecule has 0 radical (unpaired) electrons. The molecule has 1 unspecified atom stereocenters. The molecule has 1 atom stereocenters. The fourth-order valence-electron chi connectivity index (χ4n) is 1.75. The first-order valence-corrected chi connectivity index (χ1v) is 6.78. The Labute approximate surface area is 120 Å². The molecule has 20 heavy (non-hydrogen) atoms. The van der Waals surface area contributed by atoms with Crippen LogP contribution in [0.2, 0.25) is 0 Å². The van der Waals surface area contributed by atoms with Crippen molar-refractivity contribution in [2.45, 2.75) is 13.0 Å². The molecule has 0 aliphatic rings. The molecule has 0 saturated heterocycles. The molecule has 1 aromatic carbocycles. The number of nitrogens with one attached hydrogen (secondary N) is 1. The van der Waals surface area contributed by atoms with Crippen LogP contribution in [0.1, 0.15) is 37.9 Å². The van der Waals surface area contributed by atoms with E-state index in [0.717, 1.165) is 16.9 Å². The quantitative estimate of drug-likeness (QED) is 0.754. The monoisotopic (exact) mass is 290 g/mol. The summed E-state index contributed by atoms with van der Waals surface area (Å²) < 4.78 is 0. The van der Waals surface area contributed by atoms with Crippen LogP contribution in [0.4, 0.5) is 5.69 Å². The van der Waals surface area contributed by atoms with Gasteiger partial charge in [-0.25, -0.2) is 4.79 Å². The Hall–Kier alpha value is -2.34. The van der Waals surface area contributed by atoms with Crippen LogP contribution in [0.25, 0.3) is 0 Å². The highest BCUT2D eigenvalue weighted by Gasteiger charge is 2.15. The van der Waals surface area contributed by atoms with Gasteiger partial charge in [-0.3, -0.25) is 4.79 Å². The van der Waals surface area contributed by atoms with Crippen molar-refractivity contribution in [3.63, 3.8) is 0 Å². The lowest BCUT2D eigenvalue weighted by molar-refractivity contribution is 0.0702. The molecule has 2 aromatic rings. The van der Waals surface area contributed by atoms with Gasteiger partial charge in [0.2, 0.25) is 0 Å². The van der Waals surface area contributed by atoms with Gasteiger partial charge in [-0.1, -0.05) is 12.1 Å². The molecule has 104 valence electrons. The Morgan fingerprint density at radius 1 is 1.25 bits per heavy atom.